The molecule has 20 heavy (non-hydrogen) atoms. The van der Waals surface area contributed by atoms with Crippen LogP contribution in [0.15, 0.2) is 18.3 Å². The summed E-state index contributed by atoms with van der Waals surface area (Å²) in [7, 11) is 2.76. The molecule has 1 aromatic rings. The number of aromatic nitrogens is 1. The van der Waals surface area contributed by atoms with E-state index in [1.54, 1.807) is 7.11 Å². The van der Waals surface area contributed by atoms with Gasteiger partial charge in [-0.2, -0.15) is 0 Å². The van der Waals surface area contributed by atoms with Gasteiger partial charge in [-0.25, -0.2) is 14.6 Å². The highest BCUT2D eigenvalue weighted by atomic mass is 16.7. The largest absolute Gasteiger partial charge is 0.514 e. The van der Waals surface area contributed by atoms with E-state index >= 15 is 0 Å². The van der Waals surface area contributed by atoms with Gasteiger partial charge in [-0.15, -0.1) is 0 Å². The van der Waals surface area contributed by atoms with E-state index in [1.165, 1.54) is 25.4 Å². The second kappa shape index (κ2) is 8.70. The standard InChI is InChI=1S/C12H16N2O6/c1-17-7-3-5-14-11(15)19-9-4-6-13-10(8-9)20-12(16)18-2/h4,6,8H,3,5,7H2,1-2H3,(H,14,15). The van der Waals surface area contributed by atoms with E-state index in [-0.39, 0.29) is 11.6 Å². The van der Waals surface area contributed by atoms with Gasteiger partial charge in [0.2, 0.25) is 5.88 Å². The predicted molar refractivity (Wildman–Crippen MR) is 67.8 cm³/mol. The van der Waals surface area contributed by atoms with Crippen LogP contribution in [0.5, 0.6) is 11.6 Å². The minimum atomic E-state index is -0.904. The molecular weight excluding hydrogens is 268 g/mol. The van der Waals surface area contributed by atoms with Crippen LogP contribution in [-0.2, 0) is 9.47 Å². The fourth-order valence-electron chi connectivity index (χ4n) is 1.19. The quantitative estimate of drug-likeness (QED) is 0.622. The Morgan fingerprint density at radius 2 is 2.10 bits per heavy atom. The Morgan fingerprint density at radius 3 is 2.80 bits per heavy atom. The molecule has 1 N–H and O–H groups in total. The molecule has 0 atom stereocenters. The summed E-state index contributed by atoms with van der Waals surface area (Å²) in [4.78, 5) is 26.1. The monoisotopic (exact) mass is 284 g/mol. The molecule has 8 nitrogen and oxygen atoms in total. The third-order valence-electron chi connectivity index (χ3n) is 2.07. The zero-order valence-electron chi connectivity index (χ0n) is 11.3. The van der Waals surface area contributed by atoms with Crippen molar-refractivity contribution in [2.24, 2.45) is 0 Å². The number of hydrogen-bond acceptors (Lipinski definition) is 7. The van der Waals surface area contributed by atoms with E-state index in [4.69, 9.17) is 14.2 Å². The Kier molecular flexibility index (Phi) is 6.83. The van der Waals surface area contributed by atoms with Gasteiger partial charge in [0.1, 0.15) is 5.75 Å². The Morgan fingerprint density at radius 1 is 1.30 bits per heavy atom. The van der Waals surface area contributed by atoms with Crippen LogP contribution in [-0.4, -0.2) is 44.6 Å². The molecule has 0 saturated heterocycles. The molecule has 0 radical (unpaired) electrons. The van der Waals surface area contributed by atoms with Gasteiger partial charge in [0.15, 0.2) is 0 Å². The van der Waals surface area contributed by atoms with Crippen molar-refractivity contribution in [1.82, 2.24) is 10.3 Å². The number of methoxy groups -OCH3 is 2. The summed E-state index contributed by atoms with van der Waals surface area (Å²) in [5.74, 6) is 0.171. The first kappa shape index (κ1) is 15.7. The van der Waals surface area contributed by atoms with Crippen LogP contribution in [0.1, 0.15) is 6.42 Å². The lowest BCUT2D eigenvalue weighted by atomic mass is 10.4. The molecule has 0 aliphatic heterocycles. The molecule has 1 rings (SSSR count). The first-order valence-electron chi connectivity index (χ1n) is 5.82. The summed E-state index contributed by atoms with van der Waals surface area (Å²) < 4.78 is 18.8. The number of carbonyl (C=O) groups is 2. The zero-order valence-corrected chi connectivity index (χ0v) is 11.3. The molecule has 0 spiro atoms. The van der Waals surface area contributed by atoms with E-state index in [0.29, 0.717) is 19.6 Å². The van der Waals surface area contributed by atoms with Crippen molar-refractivity contribution in [3.05, 3.63) is 18.3 Å². The number of pyridine rings is 1. The van der Waals surface area contributed by atoms with Gasteiger partial charge >= 0.3 is 12.2 Å². The molecule has 0 unspecified atom stereocenters. The first-order valence-corrected chi connectivity index (χ1v) is 5.82. The minimum absolute atomic E-state index is 0.0264. The maximum Gasteiger partial charge on any atom is 0.514 e. The highest BCUT2D eigenvalue weighted by Crippen LogP contribution is 2.16. The van der Waals surface area contributed by atoms with Crippen molar-refractivity contribution in [2.45, 2.75) is 6.42 Å². The fourth-order valence-corrected chi connectivity index (χ4v) is 1.19. The summed E-state index contributed by atoms with van der Waals surface area (Å²) in [6.45, 7) is 0.982. The number of nitrogens with one attached hydrogen (secondary N) is 1. The van der Waals surface area contributed by atoms with E-state index in [9.17, 15) is 9.59 Å². The van der Waals surface area contributed by atoms with Crippen LogP contribution >= 0.6 is 0 Å². The maximum absolute atomic E-state index is 11.4. The molecule has 1 heterocycles. The highest BCUT2D eigenvalue weighted by Gasteiger charge is 2.08. The molecular formula is C12H16N2O6. The van der Waals surface area contributed by atoms with E-state index in [1.807, 2.05) is 0 Å². The van der Waals surface area contributed by atoms with E-state index in [2.05, 4.69) is 15.0 Å². The molecule has 8 heteroatoms. The highest BCUT2D eigenvalue weighted by molar-refractivity contribution is 5.70. The molecule has 0 saturated carbocycles. The summed E-state index contributed by atoms with van der Waals surface area (Å²) >= 11 is 0. The third-order valence-corrected chi connectivity index (χ3v) is 2.07. The lowest BCUT2D eigenvalue weighted by Crippen LogP contribution is -2.28. The van der Waals surface area contributed by atoms with Gasteiger partial charge in [0.05, 0.1) is 7.11 Å². The van der Waals surface area contributed by atoms with Gasteiger partial charge in [0.25, 0.3) is 0 Å². The molecule has 0 aromatic carbocycles. The van der Waals surface area contributed by atoms with Crippen LogP contribution in [0, 0.1) is 0 Å². The molecule has 0 bridgehead atoms. The summed E-state index contributed by atoms with van der Waals surface area (Å²) in [6, 6.07) is 2.75. The van der Waals surface area contributed by atoms with Crippen molar-refractivity contribution in [3.63, 3.8) is 0 Å². The molecule has 0 fully saturated rings. The van der Waals surface area contributed by atoms with E-state index < -0.39 is 12.2 Å². The molecule has 0 aliphatic rings. The fraction of sp³-hybridized carbons (Fsp3) is 0.417. The summed E-state index contributed by atoms with van der Waals surface area (Å²) in [5, 5.41) is 2.54. The van der Waals surface area contributed by atoms with Gasteiger partial charge in [-0.05, 0) is 12.5 Å². The van der Waals surface area contributed by atoms with Gasteiger partial charge in [0, 0.05) is 32.5 Å². The summed E-state index contributed by atoms with van der Waals surface area (Å²) in [5.41, 5.74) is 0. The Labute approximate surface area is 116 Å². The molecule has 1 aromatic heterocycles. The van der Waals surface area contributed by atoms with Crippen LogP contribution < -0.4 is 14.8 Å². The second-order valence-corrected chi connectivity index (χ2v) is 3.55. The Bertz CT molecular complexity index is 451. The summed E-state index contributed by atoms with van der Waals surface area (Å²) in [6.07, 6.45) is 0.500. The number of carbonyl (C=O) groups excluding carboxylic acids is 2. The smallest absolute Gasteiger partial charge is 0.437 e. The number of rotatable bonds is 6. The first-order chi connectivity index (χ1) is 9.65. The number of ether oxygens (including phenoxy) is 4. The number of nitrogens with zero attached hydrogens (tertiary/aromatic N) is 1. The number of hydrogen-bond donors (Lipinski definition) is 1. The third kappa shape index (κ3) is 6.01. The van der Waals surface area contributed by atoms with Gasteiger partial charge in [-0.1, -0.05) is 0 Å². The lowest BCUT2D eigenvalue weighted by Gasteiger charge is -2.07. The van der Waals surface area contributed by atoms with Crippen molar-refractivity contribution in [1.29, 1.82) is 0 Å². The van der Waals surface area contributed by atoms with E-state index in [0.717, 1.165) is 0 Å². The second-order valence-electron chi connectivity index (χ2n) is 3.55. The van der Waals surface area contributed by atoms with Gasteiger partial charge < -0.3 is 24.3 Å². The number of amides is 1. The van der Waals surface area contributed by atoms with Gasteiger partial charge in [-0.3, -0.25) is 0 Å². The van der Waals surface area contributed by atoms with Crippen LogP contribution in [0.25, 0.3) is 0 Å². The molecule has 110 valence electrons. The SMILES string of the molecule is COCCCNC(=O)Oc1ccnc(OC(=O)OC)c1. The van der Waals surface area contributed by atoms with Crippen LogP contribution in [0.2, 0.25) is 0 Å². The molecule has 1 amide bonds. The average Bonchev–Trinajstić information content (AvgIpc) is 2.44. The van der Waals surface area contributed by atoms with Crippen molar-refractivity contribution in [3.8, 4) is 11.6 Å². The topological polar surface area (TPSA) is 96.0 Å². The van der Waals surface area contributed by atoms with Crippen molar-refractivity contribution in [2.75, 3.05) is 27.4 Å². The maximum atomic E-state index is 11.4. The normalized spacial score (nSPS) is 9.70. The Hall–Kier alpha value is -2.35. The molecule has 0 aliphatic carbocycles. The Balaban J connectivity index is 2.45. The predicted octanol–water partition coefficient (Wildman–Crippen LogP) is 1.35. The average molecular weight is 284 g/mol. The van der Waals surface area contributed by atoms with Crippen LogP contribution in [0.3, 0.4) is 0 Å². The minimum Gasteiger partial charge on any atom is -0.437 e. The van der Waals surface area contributed by atoms with Crippen LogP contribution in [0.4, 0.5) is 9.59 Å². The van der Waals surface area contributed by atoms with Crippen molar-refractivity contribution >= 4 is 12.2 Å². The zero-order chi connectivity index (χ0) is 14.8. The lowest BCUT2D eigenvalue weighted by molar-refractivity contribution is 0.119. The van der Waals surface area contributed by atoms with Crippen molar-refractivity contribution < 1.29 is 28.5 Å².